The monoisotopic (exact) mass is 245 g/mol. The molecule has 0 radical (unpaired) electrons. The molecule has 2 aromatic rings. The van der Waals surface area contributed by atoms with Gasteiger partial charge >= 0.3 is 0 Å². The Balaban J connectivity index is 1.38. The van der Waals surface area contributed by atoms with E-state index in [1.165, 1.54) is 24.8 Å². The Kier molecular flexibility index (Phi) is 3.57. The van der Waals surface area contributed by atoms with Crippen molar-refractivity contribution in [3.63, 3.8) is 0 Å². The van der Waals surface area contributed by atoms with Crippen molar-refractivity contribution in [3.8, 4) is 0 Å². The van der Waals surface area contributed by atoms with Gasteiger partial charge < -0.3 is 15.1 Å². The van der Waals surface area contributed by atoms with Crippen molar-refractivity contribution in [1.82, 2.24) is 15.6 Å². The lowest BCUT2D eigenvalue weighted by atomic mass is 10.1. The molecule has 1 heterocycles. The van der Waals surface area contributed by atoms with E-state index in [9.17, 15) is 0 Å². The van der Waals surface area contributed by atoms with Gasteiger partial charge in [0.05, 0.1) is 0 Å². The SMILES string of the molecule is c1nc2ccc(CCNCCNC3CC3)cc2o1. The Morgan fingerprint density at radius 2 is 2.17 bits per heavy atom. The third-order valence-corrected chi connectivity index (χ3v) is 3.30. The van der Waals surface area contributed by atoms with Crippen LogP contribution in [-0.4, -0.2) is 30.7 Å². The van der Waals surface area contributed by atoms with Crippen LogP contribution < -0.4 is 10.6 Å². The summed E-state index contributed by atoms with van der Waals surface area (Å²) in [7, 11) is 0. The number of benzene rings is 1. The molecule has 0 saturated heterocycles. The summed E-state index contributed by atoms with van der Waals surface area (Å²) in [5.41, 5.74) is 3.10. The van der Waals surface area contributed by atoms with Crippen LogP contribution in [-0.2, 0) is 6.42 Å². The summed E-state index contributed by atoms with van der Waals surface area (Å²) >= 11 is 0. The van der Waals surface area contributed by atoms with Gasteiger partial charge in [-0.1, -0.05) is 6.07 Å². The van der Waals surface area contributed by atoms with Gasteiger partial charge in [-0.2, -0.15) is 0 Å². The fourth-order valence-electron chi connectivity index (χ4n) is 2.06. The van der Waals surface area contributed by atoms with Crippen molar-refractivity contribution < 1.29 is 4.42 Å². The quantitative estimate of drug-likeness (QED) is 0.729. The minimum Gasteiger partial charge on any atom is -0.443 e. The zero-order valence-electron chi connectivity index (χ0n) is 10.5. The van der Waals surface area contributed by atoms with E-state index >= 15 is 0 Å². The van der Waals surface area contributed by atoms with Gasteiger partial charge in [-0.05, 0) is 43.5 Å². The first-order valence-corrected chi connectivity index (χ1v) is 6.68. The normalized spacial score (nSPS) is 15.3. The van der Waals surface area contributed by atoms with Crippen LogP contribution in [0.3, 0.4) is 0 Å². The van der Waals surface area contributed by atoms with E-state index in [0.717, 1.165) is 43.2 Å². The molecule has 4 heteroatoms. The number of aromatic nitrogens is 1. The molecule has 0 amide bonds. The highest BCUT2D eigenvalue weighted by Crippen LogP contribution is 2.17. The molecule has 0 atom stereocenters. The van der Waals surface area contributed by atoms with Crippen molar-refractivity contribution in [2.45, 2.75) is 25.3 Å². The van der Waals surface area contributed by atoms with Crippen LogP contribution in [0.1, 0.15) is 18.4 Å². The highest BCUT2D eigenvalue weighted by Gasteiger charge is 2.19. The lowest BCUT2D eigenvalue weighted by Gasteiger charge is -2.05. The molecule has 2 N–H and O–H groups in total. The van der Waals surface area contributed by atoms with Crippen LogP contribution in [0.25, 0.3) is 11.1 Å². The second-order valence-electron chi connectivity index (χ2n) is 4.88. The lowest BCUT2D eigenvalue weighted by Crippen LogP contribution is -2.29. The van der Waals surface area contributed by atoms with Crippen LogP contribution in [0, 0.1) is 0 Å². The van der Waals surface area contributed by atoms with E-state index in [-0.39, 0.29) is 0 Å². The Morgan fingerprint density at radius 3 is 3.06 bits per heavy atom. The molecule has 0 aliphatic heterocycles. The summed E-state index contributed by atoms with van der Waals surface area (Å²) in [4.78, 5) is 4.11. The van der Waals surface area contributed by atoms with E-state index in [0.29, 0.717) is 0 Å². The zero-order valence-corrected chi connectivity index (χ0v) is 10.5. The fourth-order valence-corrected chi connectivity index (χ4v) is 2.06. The standard InChI is InChI=1S/C14H19N3O/c1-4-13-14(18-10-17-13)9-11(1)5-6-15-7-8-16-12-2-3-12/h1,4,9-10,12,15-16H,2-3,5-8H2. The summed E-state index contributed by atoms with van der Waals surface area (Å²) in [5, 5.41) is 6.94. The molecule has 1 fully saturated rings. The molecule has 96 valence electrons. The molecule has 0 bridgehead atoms. The van der Waals surface area contributed by atoms with Crippen molar-refractivity contribution >= 4 is 11.1 Å². The number of oxazole rings is 1. The molecule has 1 aliphatic rings. The largest absolute Gasteiger partial charge is 0.443 e. The minimum absolute atomic E-state index is 0.806. The summed E-state index contributed by atoms with van der Waals surface area (Å²) in [6, 6.07) is 7.02. The van der Waals surface area contributed by atoms with Crippen molar-refractivity contribution in [2.24, 2.45) is 0 Å². The summed E-state index contributed by atoms with van der Waals surface area (Å²) in [6.45, 7) is 3.12. The maximum Gasteiger partial charge on any atom is 0.181 e. The van der Waals surface area contributed by atoms with E-state index in [1.54, 1.807) is 0 Å². The number of nitrogens with one attached hydrogen (secondary N) is 2. The van der Waals surface area contributed by atoms with Crippen LogP contribution in [0.5, 0.6) is 0 Å². The predicted octanol–water partition coefficient (Wildman–Crippen LogP) is 1.71. The highest BCUT2D eigenvalue weighted by molar-refractivity contribution is 5.72. The first-order chi connectivity index (χ1) is 8.92. The van der Waals surface area contributed by atoms with Crippen molar-refractivity contribution in [3.05, 3.63) is 30.2 Å². The molecule has 3 rings (SSSR count). The number of hydrogen-bond acceptors (Lipinski definition) is 4. The van der Waals surface area contributed by atoms with Gasteiger partial charge in [0, 0.05) is 19.1 Å². The van der Waals surface area contributed by atoms with Gasteiger partial charge in [0.15, 0.2) is 12.0 Å². The third-order valence-electron chi connectivity index (χ3n) is 3.30. The molecule has 1 aromatic carbocycles. The fraction of sp³-hybridized carbons (Fsp3) is 0.500. The lowest BCUT2D eigenvalue weighted by molar-refractivity contribution is 0.599. The van der Waals surface area contributed by atoms with E-state index in [4.69, 9.17) is 4.42 Å². The number of fused-ring (bicyclic) bond motifs is 1. The average molecular weight is 245 g/mol. The summed E-state index contributed by atoms with van der Waals surface area (Å²) < 4.78 is 5.30. The number of hydrogen-bond donors (Lipinski definition) is 2. The van der Waals surface area contributed by atoms with Gasteiger partial charge in [0.2, 0.25) is 0 Å². The minimum atomic E-state index is 0.806. The molecule has 0 unspecified atom stereocenters. The zero-order chi connectivity index (χ0) is 12.2. The first-order valence-electron chi connectivity index (χ1n) is 6.68. The van der Waals surface area contributed by atoms with Crippen LogP contribution in [0.2, 0.25) is 0 Å². The van der Waals surface area contributed by atoms with Gasteiger partial charge in [-0.15, -0.1) is 0 Å². The topological polar surface area (TPSA) is 50.1 Å². The van der Waals surface area contributed by atoms with Crippen molar-refractivity contribution in [1.29, 1.82) is 0 Å². The van der Waals surface area contributed by atoms with E-state index in [2.05, 4.69) is 27.8 Å². The van der Waals surface area contributed by atoms with Crippen LogP contribution in [0.15, 0.2) is 29.0 Å². The second kappa shape index (κ2) is 5.50. The van der Waals surface area contributed by atoms with Gasteiger partial charge in [-0.25, -0.2) is 4.98 Å². The Hall–Kier alpha value is -1.39. The maximum absolute atomic E-state index is 5.30. The Bertz CT molecular complexity index is 504. The van der Waals surface area contributed by atoms with Gasteiger partial charge in [0.25, 0.3) is 0 Å². The molecule has 0 spiro atoms. The second-order valence-corrected chi connectivity index (χ2v) is 4.88. The first kappa shape index (κ1) is 11.7. The Morgan fingerprint density at radius 1 is 1.22 bits per heavy atom. The molecule has 1 saturated carbocycles. The molecule has 1 aliphatic carbocycles. The third kappa shape index (κ3) is 3.09. The molecular formula is C14H19N3O. The molecule has 4 nitrogen and oxygen atoms in total. The van der Waals surface area contributed by atoms with Crippen LogP contribution >= 0.6 is 0 Å². The molecule has 18 heavy (non-hydrogen) atoms. The van der Waals surface area contributed by atoms with Crippen LogP contribution in [0.4, 0.5) is 0 Å². The highest BCUT2D eigenvalue weighted by atomic mass is 16.3. The van der Waals surface area contributed by atoms with Crippen molar-refractivity contribution in [2.75, 3.05) is 19.6 Å². The molecular weight excluding hydrogens is 226 g/mol. The van der Waals surface area contributed by atoms with E-state index < -0.39 is 0 Å². The summed E-state index contributed by atoms with van der Waals surface area (Å²) in [6.07, 6.45) is 5.24. The predicted molar refractivity (Wildman–Crippen MR) is 71.6 cm³/mol. The smallest absolute Gasteiger partial charge is 0.181 e. The van der Waals surface area contributed by atoms with Gasteiger partial charge in [0.1, 0.15) is 5.52 Å². The number of nitrogens with zero attached hydrogens (tertiary/aromatic N) is 1. The Labute approximate surface area is 107 Å². The average Bonchev–Trinajstić information content (AvgIpc) is 3.09. The van der Waals surface area contributed by atoms with E-state index in [1.807, 2.05) is 6.07 Å². The number of rotatable bonds is 7. The maximum atomic E-state index is 5.30. The summed E-state index contributed by atoms with van der Waals surface area (Å²) in [5.74, 6) is 0. The molecule has 1 aromatic heterocycles. The van der Waals surface area contributed by atoms with Gasteiger partial charge in [-0.3, -0.25) is 0 Å².